The molecule has 0 radical (unpaired) electrons. The Kier molecular flexibility index (Phi) is 3.81. The molecular formula is C11H19N5O2. The molecule has 18 heavy (non-hydrogen) atoms. The highest BCUT2D eigenvalue weighted by Crippen LogP contribution is 2.22. The predicted molar refractivity (Wildman–Crippen MR) is 66.9 cm³/mol. The molecule has 0 saturated carbocycles. The molecule has 0 aromatic carbocycles. The maximum Gasteiger partial charge on any atom is 0.324 e. The number of nitrogens with zero attached hydrogens (tertiary/aromatic N) is 4. The number of ether oxygens (including phenoxy) is 2. The third kappa shape index (κ3) is 2.61. The van der Waals surface area contributed by atoms with Crippen LogP contribution in [-0.2, 0) is 0 Å². The van der Waals surface area contributed by atoms with E-state index < -0.39 is 0 Å². The van der Waals surface area contributed by atoms with Crippen LogP contribution in [0.3, 0.4) is 0 Å². The minimum Gasteiger partial charge on any atom is -0.467 e. The van der Waals surface area contributed by atoms with Gasteiger partial charge >= 0.3 is 12.0 Å². The Morgan fingerprint density at radius 2 is 1.78 bits per heavy atom. The number of hydrogen-bond donors (Lipinski definition) is 1. The van der Waals surface area contributed by atoms with Crippen molar-refractivity contribution in [2.45, 2.75) is 19.4 Å². The number of anilines is 1. The van der Waals surface area contributed by atoms with E-state index in [1.165, 1.54) is 14.2 Å². The molecule has 1 aliphatic heterocycles. The second-order valence-corrected chi connectivity index (χ2v) is 4.48. The molecule has 2 rings (SSSR count). The van der Waals surface area contributed by atoms with E-state index in [4.69, 9.17) is 15.2 Å². The quantitative estimate of drug-likeness (QED) is 0.815. The summed E-state index contributed by atoms with van der Waals surface area (Å²) in [6, 6.07) is 0.769. The minimum atomic E-state index is 0.242. The van der Waals surface area contributed by atoms with Crippen LogP contribution in [0.1, 0.15) is 13.3 Å². The Labute approximate surface area is 106 Å². The number of piperidine rings is 1. The lowest BCUT2D eigenvalue weighted by Crippen LogP contribution is -2.46. The molecule has 1 saturated heterocycles. The van der Waals surface area contributed by atoms with Gasteiger partial charge in [-0.05, 0) is 12.3 Å². The van der Waals surface area contributed by atoms with Crippen molar-refractivity contribution in [3.05, 3.63) is 0 Å². The van der Waals surface area contributed by atoms with Crippen LogP contribution in [0.2, 0.25) is 0 Å². The Morgan fingerprint density at radius 3 is 2.28 bits per heavy atom. The van der Waals surface area contributed by atoms with Gasteiger partial charge in [-0.25, -0.2) is 0 Å². The van der Waals surface area contributed by atoms with E-state index >= 15 is 0 Å². The van der Waals surface area contributed by atoms with E-state index in [0.717, 1.165) is 19.5 Å². The topological polar surface area (TPSA) is 86.4 Å². The molecule has 0 aliphatic carbocycles. The van der Waals surface area contributed by atoms with Crippen molar-refractivity contribution in [3.8, 4) is 12.0 Å². The fraction of sp³-hybridized carbons (Fsp3) is 0.727. The van der Waals surface area contributed by atoms with E-state index in [1.54, 1.807) is 0 Å². The first-order chi connectivity index (χ1) is 8.63. The lowest BCUT2D eigenvalue weighted by atomic mass is 9.95. The molecule has 100 valence electrons. The second-order valence-electron chi connectivity index (χ2n) is 4.48. The van der Waals surface area contributed by atoms with Crippen LogP contribution in [0, 0.1) is 5.92 Å². The van der Waals surface area contributed by atoms with Crippen LogP contribution in [0.4, 0.5) is 5.95 Å². The molecule has 7 nitrogen and oxygen atoms in total. The van der Waals surface area contributed by atoms with Gasteiger partial charge in [0.05, 0.1) is 14.2 Å². The van der Waals surface area contributed by atoms with Crippen molar-refractivity contribution in [1.82, 2.24) is 15.0 Å². The molecule has 0 bridgehead atoms. The summed E-state index contributed by atoms with van der Waals surface area (Å²) in [6.45, 7) is 3.80. The molecule has 1 aliphatic rings. The fourth-order valence-electron chi connectivity index (χ4n) is 2.00. The average Bonchev–Trinajstić information content (AvgIpc) is 2.41. The zero-order valence-corrected chi connectivity index (χ0v) is 11.0. The van der Waals surface area contributed by atoms with Crippen molar-refractivity contribution in [1.29, 1.82) is 0 Å². The van der Waals surface area contributed by atoms with Gasteiger partial charge in [0, 0.05) is 19.1 Å². The van der Waals surface area contributed by atoms with E-state index in [0.29, 0.717) is 11.9 Å². The van der Waals surface area contributed by atoms with Crippen LogP contribution < -0.4 is 20.1 Å². The maximum absolute atomic E-state index is 6.00. The third-order valence-electron chi connectivity index (χ3n) is 3.20. The molecule has 7 heteroatoms. The van der Waals surface area contributed by atoms with E-state index in [1.807, 2.05) is 0 Å². The van der Waals surface area contributed by atoms with Crippen molar-refractivity contribution >= 4 is 5.95 Å². The van der Waals surface area contributed by atoms with Gasteiger partial charge in [-0.1, -0.05) is 6.92 Å². The van der Waals surface area contributed by atoms with Gasteiger partial charge in [-0.15, -0.1) is 4.98 Å². The molecule has 0 amide bonds. The number of nitrogens with two attached hydrogens (primary N) is 1. The number of methoxy groups -OCH3 is 2. The van der Waals surface area contributed by atoms with Gasteiger partial charge in [-0.2, -0.15) is 9.97 Å². The van der Waals surface area contributed by atoms with Crippen LogP contribution in [0.25, 0.3) is 0 Å². The van der Waals surface area contributed by atoms with Crippen molar-refractivity contribution < 1.29 is 9.47 Å². The van der Waals surface area contributed by atoms with Crippen molar-refractivity contribution in [2.75, 3.05) is 32.2 Å². The molecule has 2 heterocycles. The summed E-state index contributed by atoms with van der Waals surface area (Å²) in [6.07, 6.45) is 0.928. The van der Waals surface area contributed by atoms with E-state index in [-0.39, 0.29) is 18.1 Å². The third-order valence-corrected chi connectivity index (χ3v) is 3.20. The minimum absolute atomic E-state index is 0.242. The van der Waals surface area contributed by atoms with E-state index in [9.17, 15) is 0 Å². The monoisotopic (exact) mass is 253 g/mol. The molecule has 1 aromatic heterocycles. The Balaban J connectivity index is 2.22. The summed E-state index contributed by atoms with van der Waals surface area (Å²) in [5.74, 6) is 0.991. The Hall–Kier alpha value is -1.63. The molecule has 1 fully saturated rings. The Bertz CT molecular complexity index is 392. The standard InChI is InChI=1S/C11H19N5O2/c1-7-6-16(5-4-8(7)12)9-13-10(17-2)15-11(14-9)18-3/h7-8H,4-6,12H2,1-3H3. The zero-order valence-electron chi connectivity index (χ0n) is 11.0. The largest absolute Gasteiger partial charge is 0.467 e. The predicted octanol–water partition coefficient (Wildman–Crippen LogP) is 0.0623. The summed E-state index contributed by atoms with van der Waals surface area (Å²) in [5.41, 5.74) is 6.00. The maximum atomic E-state index is 6.00. The second kappa shape index (κ2) is 5.34. The first-order valence-corrected chi connectivity index (χ1v) is 5.98. The molecule has 0 spiro atoms. The number of aromatic nitrogens is 3. The molecule has 2 atom stereocenters. The highest BCUT2D eigenvalue weighted by atomic mass is 16.5. The summed E-state index contributed by atoms with van der Waals surface area (Å²) in [5, 5.41) is 0. The van der Waals surface area contributed by atoms with Crippen LogP contribution in [0.15, 0.2) is 0 Å². The van der Waals surface area contributed by atoms with Gasteiger partial charge in [0.25, 0.3) is 0 Å². The Morgan fingerprint density at radius 1 is 1.17 bits per heavy atom. The highest BCUT2D eigenvalue weighted by Gasteiger charge is 2.25. The fourth-order valence-corrected chi connectivity index (χ4v) is 2.00. The van der Waals surface area contributed by atoms with Gasteiger partial charge in [0.2, 0.25) is 5.95 Å². The van der Waals surface area contributed by atoms with Crippen LogP contribution in [-0.4, -0.2) is 48.3 Å². The van der Waals surface area contributed by atoms with Gasteiger partial charge in [0.15, 0.2) is 0 Å². The first kappa shape index (κ1) is 12.8. The number of rotatable bonds is 3. The van der Waals surface area contributed by atoms with E-state index in [2.05, 4.69) is 26.8 Å². The SMILES string of the molecule is COc1nc(OC)nc(N2CCC(N)C(C)C2)n1. The molecule has 2 N–H and O–H groups in total. The normalized spacial score (nSPS) is 23.9. The summed E-state index contributed by atoms with van der Waals surface area (Å²) < 4.78 is 10.1. The highest BCUT2D eigenvalue weighted by molar-refractivity contribution is 5.33. The molecule has 2 unspecified atom stereocenters. The van der Waals surface area contributed by atoms with Gasteiger partial charge in [0.1, 0.15) is 0 Å². The van der Waals surface area contributed by atoms with Gasteiger partial charge in [-0.3, -0.25) is 0 Å². The molecular weight excluding hydrogens is 234 g/mol. The lowest BCUT2D eigenvalue weighted by molar-refractivity contribution is 0.335. The van der Waals surface area contributed by atoms with Crippen molar-refractivity contribution in [3.63, 3.8) is 0 Å². The smallest absolute Gasteiger partial charge is 0.324 e. The average molecular weight is 253 g/mol. The van der Waals surface area contributed by atoms with Crippen molar-refractivity contribution in [2.24, 2.45) is 11.7 Å². The summed E-state index contributed by atoms with van der Waals surface area (Å²) in [7, 11) is 3.04. The van der Waals surface area contributed by atoms with Crippen LogP contribution in [0.5, 0.6) is 12.0 Å². The zero-order chi connectivity index (χ0) is 13.1. The molecule has 1 aromatic rings. The van der Waals surface area contributed by atoms with Crippen LogP contribution >= 0.6 is 0 Å². The summed E-state index contributed by atoms with van der Waals surface area (Å²) >= 11 is 0. The lowest BCUT2D eigenvalue weighted by Gasteiger charge is -2.34. The number of hydrogen-bond acceptors (Lipinski definition) is 7. The first-order valence-electron chi connectivity index (χ1n) is 5.98. The van der Waals surface area contributed by atoms with Gasteiger partial charge < -0.3 is 20.1 Å². The summed E-state index contributed by atoms with van der Waals surface area (Å²) in [4.78, 5) is 14.6.